The van der Waals surface area contributed by atoms with Gasteiger partial charge in [-0.1, -0.05) is 13.8 Å². The standard InChI is InChI=1S/C10H17F3O2/c1-6(2)7(14)8(10(11,12)13)15-9(3,4)5/h6,8H,1-5H3. The second kappa shape index (κ2) is 4.51. The number of ketones is 1. The van der Waals surface area contributed by atoms with E-state index in [0.717, 1.165) is 0 Å². The fourth-order valence-electron chi connectivity index (χ4n) is 0.943. The molecule has 0 radical (unpaired) electrons. The molecule has 0 saturated carbocycles. The number of Topliss-reactive ketones (excluding diaryl/α,β-unsaturated/α-hetero) is 1. The lowest BCUT2D eigenvalue weighted by Crippen LogP contribution is -2.45. The topological polar surface area (TPSA) is 26.3 Å². The van der Waals surface area contributed by atoms with Gasteiger partial charge in [-0.2, -0.15) is 13.2 Å². The first-order chi connectivity index (χ1) is 6.45. The molecular weight excluding hydrogens is 209 g/mol. The lowest BCUT2D eigenvalue weighted by atomic mass is 10.0. The minimum Gasteiger partial charge on any atom is -0.356 e. The molecule has 5 heteroatoms. The number of ether oxygens (including phenoxy) is 1. The van der Waals surface area contributed by atoms with Gasteiger partial charge >= 0.3 is 6.18 Å². The summed E-state index contributed by atoms with van der Waals surface area (Å²) >= 11 is 0. The van der Waals surface area contributed by atoms with Crippen LogP contribution in [0.4, 0.5) is 13.2 Å². The van der Waals surface area contributed by atoms with E-state index in [2.05, 4.69) is 0 Å². The number of hydrogen-bond acceptors (Lipinski definition) is 2. The van der Waals surface area contributed by atoms with Crippen molar-refractivity contribution in [3.63, 3.8) is 0 Å². The van der Waals surface area contributed by atoms with E-state index in [-0.39, 0.29) is 0 Å². The van der Waals surface area contributed by atoms with E-state index in [1.54, 1.807) is 0 Å². The maximum atomic E-state index is 12.5. The van der Waals surface area contributed by atoms with Gasteiger partial charge in [0.1, 0.15) is 0 Å². The van der Waals surface area contributed by atoms with Crippen molar-refractivity contribution >= 4 is 5.78 Å². The van der Waals surface area contributed by atoms with Crippen LogP contribution in [0, 0.1) is 5.92 Å². The van der Waals surface area contributed by atoms with Crippen LogP contribution >= 0.6 is 0 Å². The van der Waals surface area contributed by atoms with Gasteiger partial charge < -0.3 is 4.74 Å². The van der Waals surface area contributed by atoms with Crippen LogP contribution in [0.5, 0.6) is 0 Å². The Hall–Kier alpha value is -0.580. The second-order valence-electron chi connectivity index (χ2n) is 4.71. The fraction of sp³-hybridized carbons (Fsp3) is 0.900. The Balaban J connectivity index is 4.84. The predicted molar refractivity (Wildman–Crippen MR) is 50.5 cm³/mol. The SMILES string of the molecule is CC(C)C(=O)C(OC(C)(C)C)C(F)(F)F. The first-order valence-electron chi connectivity index (χ1n) is 4.73. The molecule has 0 rings (SSSR count). The summed E-state index contributed by atoms with van der Waals surface area (Å²) < 4.78 is 42.3. The minimum absolute atomic E-state index is 0.695. The molecule has 15 heavy (non-hydrogen) atoms. The third-order valence-corrected chi connectivity index (χ3v) is 1.60. The highest BCUT2D eigenvalue weighted by atomic mass is 19.4. The molecule has 90 valence electrons. The summed E-state index contributed by atoms with van der Waals surface area (Å²) in [5.74, 6) is -1.63. The van der Waals surface area contributed by atoms with Crippen molar-refractivity contribution in [1.29, 1.82) is 0 Å². The molecule has 0 aliphatic heterocycles. The van der Waals surface area contributed by atoms with Gasteiger partial charge in [0.2, 0.25) is 6.10 Å². The van der Waals surface area contributed by atoms with Crippen molar-refractivity contribution < 1.29 is 22.7 Å². The van der Waals surface area contributed by atoms with Gasteiger partial charge in [0, 0.05) is 5.92 Å². The Morgan fingerprint density at radius 2 is 1.53 bits per heavy atom. The normalized spacial score (nSPS) is 15.5. The predicted octanol–water partition coefficient (Wildman–Crippen LogP) is 2.96. The summed E-state index contributed by atoms with van der Waals surface area (Å²) in [7, 11) is 0. The molecule has 0 saturated heterocycles. The maximum Gasteiger partial charge on any atom is 0.421 e. The van der Waals surface area contributed by atoms with E-state index in [1.165, 1.54) is 34.6 Å². The molecule has 0 heterocycles. The van der Waals surface area contributed by atoms with Gasteiger partial charge in [0.25, 0.3) is 0 Å². The zero-order chi connectivity index (χ0) is 12.4. The third-order valence-electron chi connectivity index (χ3n) is 1.60. The number of alkyl halides is 3. The Labute approximate surface area is 87.8 Å². The molecule has 0 aromatic rings. The summed E-state index contributed by atoms with van der Waals surface area (Å²) in [6.45, 7) is 7.30. The molecule has 1 unspecified atom stereocenters. The smallest absolute Gasteiger partial charge is 0.356 e. The van der Waals surface area contributed by atoms with Crippen molar-refractivity contribution in [1.82, 2.24) is 0 Å². The van der Waals surface area contributed by atoms with Crippen molar-refractivity contribution in [3.05, 3.63) is 0 Å². The molecule has 0 N–H and O–H groups in total. The number of hydrogen-bond donors (Lipinski definition) is 0. The molecule has 1 atom stereocenters. The molecule has 0 bridgehead atoms. The van der Waals surface area contributed by atoms with Gasteiger partial charge in [-0.05, 0) is 20.8 Å². The van der Waals surface area contributed by atoms with Gasteiger partial charge in [0.05, 0.1) is 5.60 Å². The van der Waals surface area contributed by atoms with Gasteiger partial charge in [-0.15, -0.1) is 0 Å². The summed E-state index contributed by atoms with van der Waals surface area (Å²) in [6.07, 6.45) is -6.97. The second-order valence-corrected chi connectivity index (χ2v) is 4.71. The van der Waals surface area contributed by atoms with Crippen LogP contribution in [-0.2, 0) is 9.53 Å². The van der Waals surface area contributed by atoms with Gasteiger partial charge in [-0.3, -0.25) is 4.79 Å². The molecule has 0 aromatic carbocycles. The number of carbonyl (C=O) groups excluding carboxylic acids is 1. The van der Waals surface area contributed by atoms with Gasteiger partial charge in [-0.25, -0.2) is 0 Å². The van der Waals surface area contributed by atoms with E-state index >= 15 is 0 Å². The monoisotopic (exact) mass is 226 g/mol. The summed E-state index contributed by atoms with van der Waals surface area (Å²) in [4.78, 5) is 11.3. The van der Waals surface area contributed by atoms with Crippen molar-refractivity contribution in [2.24, 2.45) is 5.92 Å². The first-order valence-corrected chi connectivity index (χ1v) is 4.73. The lowest BCUT2D eigenvalue weighted by molar-refractivity contribution is -0.240. The summed E-state index contributed by atoms with van der Waals surface area (Å²) in [5.41, 5.74) is -0.995. The zero-order valence-corrected chi connectivity index (χ0v) is 9.61. The van der Waals surface area contributed by atoms with Crippen LogP contribution in [-0.4, -0.2) is 23.7 Å². The van der Waals surface area contributed by atoms with Crippen LogP contribution in [0.1, 0.15) is 34.6 Å². The molecule has 0 aliphatic carbocycles. The Morgan fingerprint density at radius 1 is 1.13 bits per heavy atom. The van der Waals surface area contributed by atoms with Gasteiger partial charge in [0.15, 0.2) is 5.78 Å². The highest BCUT2D eigenvalue weighted by Gasteiger charge is 2.48. The van der Waals surface area contributed by atoms with Crippen LogP contribution < -0.4 is 0 Å². The average molecular weight is 226 g/mol. The molecule has 0 aromatic heterocycles. The first kappa shape index (κ1) is 14.4. The van der Waals surface area contributed by atoms with E-state index in [0.29, 0.717) is 0 Å². The lowest BCUT2D eigenvalue weighted by Gasteiger charge is -2.29. The van der Waals surface area contributed by atoms with Crippen LogP contribution in [0.25, 0.3) is 0 Å². The van der Waals surface area contributed by atoms with E-state index in [9.17, 15) is 18.0 Å². The third kappa shape index (κ3) is 5.16. The molecule has 2 nitrogen and oxygen atoms in total. The Kier molecular flexibility index (Phi) is 4.34. The quantitative estimate of drug-likeness (QED) is 0.739. The molecule has 0 fully saturated rings. The van der Waals surface area contributed by atoms with Crippen molar-refractivity contribution in [3.8, 4) is 0 Å². The van der Waals surface area contributed by atoms with Crippen LogP contribution in [0.2, 0.25) is 0 Å². The summed E-state index contributed by atoms with van der Waals surface area (Å²) in [6, 6.07) is 0. The number of halogens is 3. The van der Waals surface area contributed by atoms with E-state index < -0.39 is 29.6 Å². The average Bonchev–Trinajstić information content (AvgIpc) is 1.94. The Bertz CT molecular complexity index is 226. The number of rotatable bonds is 3. The minimum atomic E-state index is -4.64. The zero-order valence-electron chi connectivity index (χ0n) is 9.61. The van der Waals surface area contributed by atoms with Crippen LogP contribution in [0.15, 0.2) is 0 Å². The van der Waals surface area contributed by atoms with Crippen molar-refractivity contribution in [2.75, 3.05) is 0 Å². The highest BCUT2D eigenvalue weighted by Crippen LogP contribution is 2.29. The van der Waals surface area contributed by atoms with Crippen LogP contribution in [0.3, 0.4) is 0 Å². The van der Waals surface area contributed by atoms with E-state index in [1.807, 2.05) is 0 Å². The molecule has 0 amide bonds. The molecule has 0 spiro atoms. The summed E-state index contributed by atoms with van der Waals surface area (Å²) in [5, 5.41) is 0. The fourth-order valence-corrected chi connectivity index (χ4v) is 0.943. The van der Waals surface area contributed by atoms with E-state index in [4.69, 9.17) is 4.74 Å². The number of carbonyl (C=O) groups is 1. The Morgan fingerprint density at radius 3 is 1.73 bits per heavy atom. The maximum absolute atomic E-state index is 12.5. The molecular formula is C10H17F3O2. The molecule has 0 aliphatic rings. The largest absolute Gasteiger partial charge is 0.421 e. The highest BCUT2D eigenvalue weighted by molar-refractivity contribution is 5.85. The van der Waals surface area contributed by atoms with Crippen molar-refractivity contribution in [2.45, 2.75) is 52.5 Å².